The van der Waals surface area contributed by atoms with Gasteiger partial charge in [0.05, 0.1) is 0 Å². The molecule has 0 aliphatic carbocycles. The fourth-order valence-electron chi connectivity index (χ4n) is 1.87. The van der Waals surface area contributed by atoms with Crippen molar-refractivity contribution >= 4 is 21.9 Å². The lowest BCUT2D eigenvalue weighted by Crippen LogP contribution is -2.14. The minimum atomic E-state index is -0.516. The Bertz CT molecular complexity index is 803. The number of halogens is 1. The SMILES string of the molecule is O=C(COc1ccc(Br)cc1)OCc1nc(-c2ccccc2)no1. The molecule has 0 radical (unpaired) electrons. The van der Waals surface area contributed by atoms with Crippen LogP contribution in [0.1, 0.15) is 5.89 Å². The van der Waals surface area contributed by atoms with Crippen LogP contribution in [-0.4, -0.2) is 22.7 Å². The second-order valence-electron chi connectivity index (χ2n) is 4.78. The van der Waals surface area contributed by atoms with Crippen molar-refractivity contribution < 1.29 is 18.8 Å². The van der Waals surface area contributed by atoms with Crippen molar-refractivity contribution in [2.75, 3.05) is 6.61 Å². The van der Waals surface area contributed by atoms with Gasteiger partial charge in [-0.2, -0.15) is 4.98 Å². The number of ether oxygens (including phenoxy) is 2. The summed E-state index contributed by atoms with van der Waals surface area (Å²) < 4.78 is 16.4. The van der Waals surface area contributed by atoms with Crippen LogP contribution in [0.2, 0.25) is 0 Å². The van der Waals surface area contributed by atoms with Crippen molar-refractivity contribution in [1.29, 1.82) is 0 Å². The normalized spacial score (nSPS) is 10.4. The number of aromatic nitrogens is 2. The molecule has 0 saturated carbocycles. The van der Waals surface area contributed by atoms with Crippen LogP contribution in [0.15, 0.2) is 63.6 Å². The molecule has 2 aromatic carbocycles. The highest BCUT2D eigenvalue weighted by Crippen LogP contribution is 2.17. The zero-order valence-corrected chi connectivity index (χ0v) is 14.1. The highest BCUT2D eigenvalue weighted by molar-refractivity contribution is 9.10. The molecule has 0 fully saturated rings. The molecule has 0 spiro atoms. The summed E-state index contributed by atoms with van der Waals surface area (Å²) in [6.45, 7) is -0.288. The van der Waals surface area contributed by atoms with Gasteiger partial charge >= 0.3 is 5.97 Å². The third-order valence-electron chi connectivity index (χ3n) is 3.03. The van der Waals surface area contributed by atoms with E-state index >= 15 is 0 Å². The van der Waals surface area contributed by atoms with Crippen LogP contribution in [0.4, 0.5) is 0 Å². The van der Waals surface area contributed by atoms with Gasteiger partial charge in [-0.3, -0.25) is 0 Å². The van der Waals surface area contributed by atoms with Crippen LogP contribution in [-0.2, 0) is 16.1 Å². The maximum absolute atomic E-state index is 11.7. The monoisotopic (exact) mass is 388 g/mol. The van der Waals surface area contributed by atoms with E-state index < -0.39 is 5.97 Å². The molecule has 6 nitrogen and oxygen atoms in total. The quantitative estimate of drug-likeness (QED) is 0.600. The molecule has 0 aliphatic rings. The Hall–Kier alpha value is -2.67. The number of hydrogen-bond acceptors (Lipinski definition) is 6. The summed E-state index contributed by atoms with van der Waals surface area (Å²) >= 11 is 3.32. The molecule has 122 valence electrons. The van der Waals surface area contributed by atoms with Gasteiger partial charge in [-0.25, -0.2) is 4.79 Å². The number of benzene rings is 2. The number of carbonyl (C=O) groups excluding carboxylic acids is 1. The molecular weight excluding hydrogens is 376 g/mol. The van der Waals surface area contributed by atoms with Crippen LogP contribution < -0.4 is 4.74 Å². The number of esters is 1. The maximum Gasteiger partial charge on any atom is 0.344 e. The van der Waals surface area contributed by atoms with Crippen molar-refractivity contribution in [2.24, 2.45) is 0 Å². The van der Waals surface area contributed by atoms with Gasteiger partial charge in [0.2, 0.25) is 5.82 Å². The molecule has 0 bridgehead atoms. The largest absolute Gasteiger partial charge is 0.482 e. The first-order valence-electron chi connectivity index (χ1n) is 7.13. The molecule has 0 N–H and O–H groups in total. The van der Waals surface area contributed by atoms with Crippen molar-refractivity contribution in [1.82, 2.24) is 10.1 Å². The van der Waals surface area contributed by atoms with E-state index in [1.807, 2.05) is 42.5 Å². The van der Waals surface area contributed by atoms with Gasteiger partial charge in [-0.15, -0.1) is 0 Å². The van der Waals surface area contributed by atoms with Crippen LogP contribution in [0.3, 0.4) is 0 Å². The Morgan fingerprint density at radius 1 is 1.08 bits per heavy atom. The Morgan fingerprint density at radius 3 is 2.58 bits per heavy atom. The minimum absolute atomic E-state index is 0.0949. The van der Waals surface area contributed by atoms with E-state index in [1.165, 1.54) is 0 Å². The first-order chi connectivity index (χ1) is 11.7. The van der Waals surface area contributed by atoms with Gasteiger partial charge in [0, 0.05) is 10.0 Å². The fraction of sp³-hybridized carbons (Fsp3) is 0.118. The predicted molar refractivity (Wildman–Crippen MR) is 89.2 cm³/mol. The molecule has 0 amide bonds. The minimum Gasteiger partial charge on any atom is -0.482 e. The molecule has 0 aliphatic heterocycles. The van der Waals surface area contributed by atoms with Crippen molar-refractivity contribution in [3.63, 3.8) is 0 Å². The molecule has 1 aromatic heterocycles. The molecule has 0 atom stereocenters. The van der Waals surface area contributed by atoms with Gasteiger partial charge in [-0.1, -0.05) is 51.4 Å². The summed E-state index contributed by atoms with van der Waals surface area (Å²) in [6.07, 6.45) is 0. The summed E-state index contributed by atoms with van der Waals surface area (Å²) in [5, 5.41) is 3.85. The lowest BCUT2D eigenvalue weighted by Gasteiger charge is -2.05. The summed E-state index contributed by atoms with van der Waals surface area (Å²) in [6, 6.07) is 16.5. The van der Waals surface area contributed by atoms with E-state index in [2.05, 4.69) is 26.1 Å². The van der Waals surface area contributed by atoms with Gasteiger partial charge in [-0.05, 0) is 24.3 Å². The molecule has 3 aromatic rings. The number of carbonyl (C=O) groups is 1. The van der Waals surface area contributed by atoms with Crippen molar-refractivity contribution in [3.8, 4) is 17.1 Å². The zero-order chi connectivity index (χ0) is 16.8. The number of nitrogens with zero attached hydrogens (tertiary/aromatic N) is 2. The standard InChI is InChI=1S/C17H13BrN2O4/c18-13-6-8-14(9-7-13)22-11-16(21)23-10-15-19-17(20-24-15)12-4-2-1-3-5-12/h1-9H,10-11H2. The van der Waals surface area contributed by atoms with E-state index in [0.717, 1.165) is 10.0 Å². The highest BCUT2D eigenvalue weighted by Gasteiger charge is 2.11. The molecule has 0 unspecified atom stereocenters. The second-order valence-corrected chi connectivity index (χ2v) is 5.70. The molecule has 0 saturated heterocycles. The highest BCUT2D eigenvalue weighted by atomic mass is 79.9. The lowest BCUT2D eigenvalue weighted by atomic mass is 10.2. The smallest absolute Gasteiger partial charge is 0.344 e. The average molecular weight is 389 g/mol. The van der Waals surface area contributed by atoms with Crippen molar-refractivity contribution in [3.05, 3.63) is 65.0 Å². The predicted octanol–water partition coefficient (Wildman–Crippen LogP) is 3.62. The third kappa shape index (κ3) is 4.42. The topological polar surface area (TPSA) is 74.5 Å². The van der Waals surface area contributed by atoms with Gasteiger partial charge in [0.1, 0.15) is 5.75 Å². The van der Waals surface area contributed by atoms with Gasteiger partial charge < -0.3 is 14.0 Å². The summed E-state index contributed by atoms with van der Waals surface area (Å²) in [4.78, 5) is 15.9. The number of rotatable bonds is 6. The van der Waals surface area contributed by atoms with Gasteiger partial charge in [0.15, 0.2) is 13.2 Å². The Labute approximate surface area is 146 Å². The average Bonchev–Trinajstić information content (AvgIpc) is 3.09. The molecule has 7 heteroatoms. The summed E-state index contributed by atoms with van der Waals surface area (Å²) in [5.41, 5.74) is 0.831. The third-order valence-corrected chi connectivity index (χ3v) is 3.56. The summed E-state index contributed by atoms with van der Waals surface area (Å²) in [7, 11) is 0. The molecule has 1 heterocycles. The number of hydrogen-bond donors (Lipinski definition) is 0. The zero-order valence-electron chi connectivity index (χ0n) is 12.5. The van der Waals surface area contributed by atoms with Crippen LogP contribution in [0.5, 0.6) is 5.75 Å². The van der Waals surface area contributed by atoms with Crippen LogP contribution >= 0.6 is 15.9 Å². The van der Waals surface area contributed by atoms with Crippen molar-refractivity contribution in [2.45, 2.75) is 6.61 Å². The van der Waals surface area contributed by atoms with E-state index in [1.54, 1.807) is 12.1 Å². The van der Waals surface area contributed by atoms with E-state index in [9.17, 15) is 4.79 Å². The van der Waals surface area contributed by atoms with E-state index in [4.69, 9.17) is 14.0 Å². The first-order valence-corrected chi connectivity index (χ1v) is 7.92. The Morgan fingerprint density at radius 2 is 1.83 bits per heavy atom. The van der Waals surface area contributed by atoms with Gasteiger partial charge in [0.25, 0.3) is 5.89 Å². The molecule has 3 rings (SSSR count). The van der Waals surface area contributed by atoms with E-state index in [-0.39, 0.29) is 19.1 Å². The lowest BCUT2D eigenvalue weighted by molar-refractivity contribution is -0.148. The van der Waals surface area contributed by atoms with Crippen LogP contribution in [0.25, 0.3) is 11.4 Å². The Kier molecular flexibility index (Phi) is 5.22. The molecule has 24 heavy (non-hydrogen) atoms. The maximum atomic E-state index is 11.7. The Balaban J connectivity index is 1.48. The second kappa shape index (κ2) is 7.74. The van der Waals surface area contributed by atoms with Crippen LogP contribution in [0, 0.1) is 0 Å². The molecular formula is C17H13BrN2O4. The van der Waals surface area contributed by atoms with E-state index in [0.29, 0.717) is 11.6 Å². The summed E-state index contributed by atoms with van der Waals surface area (Å²) in [5.74, 6) is 0.746. The first kappa shape index (κ1) is 16.2. The fourth-order valence-corrected chi connectivity index (χ4v) is 2.14.